The lowest BCUT2D eigenvalue weighted by Gasteiger charge is -2.09. The van der Waals surface area contributed by atoms with Crippen molar-refractivity contribution in [1.82, 2.24) is 10.3 Å². The van der Waals surface area contributed by atoms with Gasteiger partial charge in [0, 0.05) is 24.8 Å². The van der Waals surface area contributed by atoms with Gasteiger partial charge in [0.05, 0.1) is 19.9 Å². The summed E-state index contributed by atoms with van der Waals surface area (Å²) in [4.78, 5) is 4.46. The predicted molar refractivity (Wildman–Crippen MR) is 79.1 cm³/mol. The van der Waals surface area contributed by atoms with Gasteiger partial charge in [0.1, 0.15) is 11.5 Å². The SMILES string of the molecule is COc1cc(CNCc2cccc(C)n2)cc(OC)c1. The molecule has 0 aliphatic heterocycles. The Labute approximate surface area is 119 Å². The van der Waals surface area contributed by atoms with Gasteiger partial charge in [0.15, 0.2) is 0 Å². The van der Waals surface area contributed by atoms with E-state index in [0.29, 0.717) is 0 Å². The quantitative estimate of drug-likeness (QED) is 0.878. The van der Waals surface area contributed by atoms with Crippen molar-refractivity contribution in [3.63, 3.8) is 0 Å². The molecule has 2 aromatic rings. The van der Waals surface area contributed by atoms with Crippen molar-refractivity contribution in [3.8, 4) is 11.5 Å². The molecule has 0 fully saturated rings. The second kappa shape index (κ2) is 6.91. The Hall–Kier alpha value is -2.07. The number of hydrogen-bond acceptors (Lipinski definition) is 4. The van der Waals surface area contributed by atoms with E-state index in [1.807, 2.05) is 43.3 Å². The number of aromatic nitrogens is 1. The van der Waals surface area contributed by atoms with Gasteiger partial charge >= 0.3 is 0 Å². The van der Waals surface area contributed by atoms with Gasteiger partial charge < -0.3 is 14.8 Å². The number of pyridine rings is 1. The van der Waals surface area contributed by atoms with E-state index in [4.69, 9.17) is 9.47 Å². The summed E-state index contributed by atoms with van der Waals surface area (Å²) in [5.41, 5.74) is 3.20. The minimum Gasteiger partial charge on any atom is -0.497 e. The summed E-state index contributed by atoms with van der Waals surface area (Å²) in [6, 6.07) is 11.9. The number of nitrogens with one attached hydrogen (secondary N) is 1. The zero-order valence-corrected chi connectivity index (χ0v) is 12.1. The maximum atomic E-state index is 5.26. The van der Waals surface area contributed by atoms with Gasteiger partial charge in [-0.25, -0.2) is 0 Å². The predicted octanol–water partition coefficient (Wildman–Crippen LogP) is 2.70. The molecule has 1 heterocycles. The molecule has 4 nitrogen and oxygen atoms in total. The van der Waals surface area contributed by atoms with Crippen LogP contribution >= 0.6 is 0 Å². The third kappa shape index (κ3) is 3.96. The summed E-state index contributed by atoms with van der Waals surface area (Å²) in [6.45, 7) is 3.47. The number of rotatable bonds is 6. The number of benzene rings is 1. The van der Waals surface area contributed by atoms with Crippen LogP contribution in [0.15, 0.2) is 36.4 Å². The van der Waals surface area contributed by atoms with Crippen LogP contribution in [0.1, 0.15) is 17.0 Å². The van der Waals surface area contributed by atoms with E-state index in [9.17, 15) is 0 Å². The number of methoxy groups -OCH3 is 2. The Kier molecular flexibility index (Phi) is 4.96. The second-order valence-electron chi connectivity index (χ2n) is 4.59. The zero-order chi connectivity index (χ0) is 14.4. The molecule has 0 spiro atoms. The molecule has 0 amide bonds. The number of nitrogens with zero attached hydrogens (tertiary/aromatic N) is 1. The first-order valence-corrected chi connectivity index (χ1v) is 6.56. The molecular formula is C16H20N2O2. The first-order valence-electron chi connectivity index (χ1n) is 6.56. The van der Waals surface area contributed by atoms with E-state index in [-0.39, 0.29) is 0 Å². The van der Waals surface area contributed by atoms with Crippen molar-refractivity contribution in [3.05, 3.63) is 53.3 Å². The summed E-state index contributed by atoms with van der Waals surface area (Å²) < 4.78 is 10.5. The molecule has 0 unspecified atom stereocenters. The number of aryl methyl sites for hydroxylation is 1. The fourth-order valence-corrected chi connectivity index (χ4v) is 2.00. The molecule has 0 atom stereocenters. The molecule has 0 bridgehead atoms. The molecule has 0 saturated carbocycles. The van der Waals surface area contributed by atoms with Crippen LogP contribution in [0.2, 0.25) is 0 Å². The first-order chi connectivity index (χ1) is 9.71. The molecule has 0 saturated heterocycles. The third-order valence-corrected chi connectivity index (χ3v) is 2.99. The van der Waals surface area contributed by atoms with E-state index < -0.39 is 0 Å². The largest absolute Gasteiger partial charge is 0.497 e. The van der Waals surface area contributed by atoms with Crippen LogP contribution in [-0.2, 0) is 13.1 Å². The standard InChI is InChI=1S/C16H20N2O2/c1-12-5-4-6-14(18-12)11-17-10-13-7-15(19-2)9-16(8-13)20-3/h4-9,17H,10-11H2,1-3H3. The van der Waals surface area contributed by atoms with Crippen molar-refractivity contribution >= 4 is 0 Å². The molecule has 0 aliphatic carbocycles. The Morgan fingerprint density at radius 2 is 1.70 bits per heavy atom. The van der Waals surface area contributed by atoms with Crippen LogP contribution in [0.3, 0.4) is 0 Å². The second-order valence-corrected chi connectivity index (χ2v) is 4.59. The molecule has 106 valence electrons. The van der Waals surface area contributed by atoms with Crippen LogP contribution in [-0.4, -0.2) is 19.2 Å². The Morgan fingerprint density at radius 1 is 1.00 bits per heavy atom. The van der Waals surface area contributed by atoms with Gasteiger partial charge in [-0.2, -0.15) is 0 Å². The average molecular weight is 272 g/mol. The topological polar surface area (TPSA) is 43.4 Å². The molecule has 0 aliphatic rings. The normalized spacial score (nSPS) is 10.3. The number of hydrogen-bond donors (Lipinski definition) is 1. The molecule has 4 heteroatoms. The van der Waals surface area contributed by atoms with Crippen LogP contribution in [0.5, 0.6) is 11.5 Å². The zero-order valence-electron chi connectivity index (χ0n) is 12.1. The lowest BCUT2D eigenvalue weighted by atomic mass is 10.2. The van der Waals surface area contributed by atoms with Gasteiger partial charge in [-0.15, -0.1) is 0 Å². The highest BCUT2D eigenvalue weighted by molar-refractivity contribution is 5.38. The highest BCUT2D eigenvalue weighted by Crippen LogP contribution is 2.22. The maximum Gasteiger partial charge on any atom is 0.122 e. The molecule has 1 N–H and O–H groups in total. The summed E-state index contributed by atoms with van der Waals surface area (Å²) in [6.07, 6.45) is 0. The molecule has 1 aromatic heterocycles. The van der Waals surface area contributed by atoms with Gasteiger partial charge in [0.25, 0.3) is 0 Å². The molecule has 1 aromatic carbocycles. The summed E-state index contributed by atoms with van der Waals surface area (Å²) >= 11 is 0. The van der Waals surface area contributed by atoms with E-state index in [0.717, 1.165) is 41.5 Å². The minimum absolute atomic E-state index is 0.737. The van der Waals surface area contributed by atoms with E-state index in [2.05, 4.69) is 10.3 Å². The van der Waals surface area contributed by atoms with E-state index in [1.54, 1.807) is 14.2 Å². The molecule has 2 rings (SSSR count). The monoisotopic (exact) mass is 272 g/mol. The summed E-state index contributed by atoms with van der Waals surface area (Å²) in [7, 11) is 3.31. The van der Waals surface area contributed by atoms with Gasteiger partial charge in [-0.3, -0.25) is 4.98 Å². The highest BCUT2D eigenvalue weighted by Gasteiger charge is 2.02. The van der Waals surface area contributed by atoms with Crippen molar-refractivity contribution in [2.24, 2.45) is 0 Å². The molecule has 0 radical (unpaired) electrons. The first kappa shape index (κ1) is 14.3. The smallest absolute Gasteiger partial charge is 0.122 e. The summed E-state index contributed by atoms with van der Waals surface area (Å²) in [5, 5.41) is 3.37. The van der Waals surface area contributed by atoms with Crippen LogP contribution in [0.4, 0.5) is 0 Å². The third-order valence-electron chi connectivity index (χ3n) is 2.99. The van der Waals surface area contributed by atoms with Gasteiger partial charge in [-0.05, 0) is 36.8 Å². The molecule has 20 heavy (non-hydrogen) atoms. The van der Waals surface area contributed by atoms with E-state index in [1.165, 1.54) is 0 Å². The van der Waals surface area contributed by atoms with Gasteiger partial charge in [0.2, 0.25) is 0 Å². The average Bonchev–Trinajstić information content (AvgIpc) is 2.47. The van der Waals surface area contributed by atoms with Gasteiger partial charge in [-0.1, -0.05) is 6.07 Å². The fourth-order valence-electron chi connectivity index (χ4n) is 2.00. The minimum atomic E-state index is 0.737. The summed E-state index contributed by atoms with van der Waals surface area (Å²) in [5.74, 6) is 1.60. The Balaban J connectivity index is 1.96. The Bertz CT molecular complexity index is 548. The number of ether oxygens (including phenoxy) is 2. The van der Waals surface area contributed by atoms with Crippen molar-refractivity contribution < 1.29 is 9.47 Å². The lowest BCUT2D eigenvalue weighted by molar-refractivity contribution is 0.393. The van der Waals surface area contributed by atoms with E-state index >= 15 is 0 Å². The maximum absolute atomic E-state index is 5.26. The lowest BCUT2D eigenvalue weighted by Crippen LogP contribution is -2.14. The fraction of sp³-hybridized carbons (Fsp3) is 0.312. The van der Waals surface area contributed by atoms with Crippen LogP contribution < -0.4 is 14.8 Å². The molecular weight excluding hydrogens is 252 g/mol. The van der Waals surface area contributed by atoms with Crippen molar-refractivity contribution in [2.45, 2.75) is 20.0 Å². The van der Waals surface area contributed by atoms with Crippen LogP contribution in [0.25, 0.3) is 0 Å². The van der Waals surface area contributed by atoms with Crippen molar-refractivity contribution in [1.29, 1.82) is 0 Å². The Morgan fingerprint density at radius 3 is 2.30 bits per heavy atom. The highest BCUT2D eigenvalue weighted by atomic mass is 16.5. The van der Waals surface area contributed by atoms with Crippen LogP contribution in [0, 0.1) is 6.92 Å². The van der Waals surface area contributed by atoms with Crippen molar-refractivity contribution in [2.75, 3.05) is 14.2 Å².